The van der Waals surface area contributed by atoms with Crippen LogP contribution in [0.1, 0.15) is 38.4 Å². The number of hydrogen-bond donors (Lipinski definition) is 1. The Morgan fingerprint density at radius 2 is 2.00 bits per heavy atom. The first kappa shape index (κ1) is 16.8. The van der Waals surface area contributed by atoms with Gasteiger partial charge in [-0.05, 0) is 25.7 Å². The molecule has 1 aromatic heterocycles. The second-order valence-electron chi connectivity index (χ2n) is 6.88. The molecule has 7 nitrogen and oxygen atoms in total. The number of nitrogens with one attached hydrogen (secondary N) is 1. The number of piperidine rings is 1. The largest absolute Gasteiger partial charge is 0.343 e. The van der Waals surface area contributed by atoms with Crippen molar-refractivity contribution < 1.29 is 9.59 Å². The average molecular weight is 333 g/mol. The number of nitrogens with zero attached hydrogens (tertiary/aromatic N) is 4. The molecule has 1 N–H and O–H groups in total. The number of urea groups is 1. The van der Waals surface area contributed by atoms with Crippen LogP contribution < -0.4 is 5.32 Å². The van der Waals surface area contributed by atoms with E-state index in [2.05, 4.69) is 10.3 Å². The van der Waals surface area contributed by atoms with Gasteiger partial charge in [-0.1, -0.05) is 0 Å². The number of amides is 3. The predicted octanol–water partition coefficient (Wildman–Crippen LogP) is 1.15. The van der Waals surface area contributed by atoms with Crippen LogP contribution in [0.5, 0.6) is 0 Å². The molecule has 0 saturated carbocycles. The van der Waals surface area contributed by atoms with Crippen molar-refractivity contribution in [2.75, 3.05) is 19.6 Å². The number of imidazole rings is 1. The highest BCUT2D eigenvalue weighted by atomic mass is 16.2. The second-order valence-corrected chi connectivity index (χ2v) is 6.88. The maximum atomic E-state index is 12.7. The SMILES string of the molecule is CC(=O)N1CCC(NC(=O)N2CCC[C@@H]2Cc2nccn2C)CC1. The standard InChI is InChI=1S/C17H27N5O2/c1-13(23)21-9-5-14(6-10-21)19-17(24)22-8-3-4-15(22)12-16-18-7-11-20(16)2/h7,11,14-15H,3-6,8-10,12H2,1-2H3,(H,19,24)/t15-/m1/s1. The van der Waals surface area contributed by atoms with Crippen molar-refractivity contribution in [1.29, 1.82) is 0 Å². The Kier molecular flexibility index (Phi) is 5.06. The van der Waals surface area contributed by atoms with E-state index < -0.39 is 0 Å². The van der Waals surface area contributed by atoms with E-state index in [1.807, 2.05) is 27.6 Å². The molecule has 0 aliphatic carbocycles. The Hall–Kier alpha value is -2.05. The monoisotopic (exact) mass is 333 g/mol. The molecule has 0 radical (unpaired) electrons. The van der Waals surface area contributed by atoms with E-state index in [-0.39, 0.29) is 24.0 Å². The van der Waals surface area contributed by atoms with Crippen LogP contribution in [-0.2, 0) is 18.3 Å². The van der Waals surface area contributed by atoms with Crippen LogP contribution in [0.4, 0.5) is 4.79 Å². The van der Waals surface area contributed by atoms with Crippen LogP contribution in [0.25, 0.3) is 0 Å². The summed E-state index contributed by atoms with van der Waals surface area (Å²) >= 11 is 0. The smallest absolute Gasteiger partial charge is 0.317 e. The Morgan fingerprint density at radius 3 is 2.62 bits per heavy atom. The molecule has 3 amide bonds. The van der Waals surface area contributed by atoms with Gasteiger partial charge >= 0.3 is 6.03 Å². The molecule has 7 heteroatoms. The molecule has 24 heavy (non-hydrogen) atoms. The van der Waals surface area contributed by atoms with Gasteiger partial charge in [0.1, 0.15) is 5.82 Å². The quantitative estimate of drug-likeness (QED) is 0.902. The number of likely N-dealkylation sites (tertiary alicyclic amines) is 2. The number of carbonyl (C=O) groups is 2. The predicted molar refractivity (Wildman–Crippen MR) is 90.4 cm³/mol. The summed E-state index contributed by atoms with van der Waals surface area (Å²) in [5.41, 5.74) is 0. The lowest BCUT2D eigenvalue weighted by Gasteiger charge is -2.33. The van der Waals surface area contributed by atoms with E-state index in [0.717, 1.165) is 57.6 Å². The number of aryl methyl sites for hydroxylation is 1. The number of hydrogen-bond acceptors (Lipinski definition) is 3. The van der Waals surface area contributed by atoms with Gasteiger partial charge in [0.25, 0.3) is 0 Å². The Morgan fingerprint density at radius 1 is 1.25 bits per heavy atom. The molecule has 2 aliphatic rings. The maximum absolute atomic E-state index is 12.7. The molecule has 3 rings (SSSR count). The third kappa shape index (κ3) is 3.71. The van der Waals surface area contributed by atoms with Gasteiger partial charge in [0.2, 0.25) is 5.91 Å². The topological polar surface area (TPSA) is 70.5 Å². The third-order valence-corrected chi connectivity index (χ3v) is 5.25. The summed E-state index contributed by atoms with van der Waals surface area (Å²) in [5, 5.41) is 3.17. The zero-order chi connectivity index (χ0) is 17.1. The molecule has 2 aliphatic heterocycles. The van der Waals surface area contributed by atoms with Gasteiger partial charge in [-0.15, -0.1) is 0 Å². The zero-order valence-electron chi connectivity index (χ0n) is 14.6. The molecule has 0 spiro atoms. The van der Waals surface area contributed by atoms with E-state index in [4.69, 9.17) is 0 Å². The Labute approximate surface area is 143 Å². The van der Waals surface area contributed by atoms with Crippen LogP contribution in [0.2, 0.25) is 0 Å². The van der Waals surface area contributed by atoms with Gasteiger partial charge in [-0.2, -0.15) is 0 Å². The summed E-state index contributed by atoms with van der Waals surface area (Å²) in [7, 11) is 1.99. The minimum absolute atomic E-state index is 0.0352. The van der Waals surface area contributed by atoms with E-state index in [1.54, 1.807) is 13.1 Å². The summed E-state index contributed by atoms with van der Waals surface area (Å²) in [6.07, 6.45) is 8.30. The highest BCUT2D eigenvalue weighted by Crippen LogP contribution is 2.21. The van der Waals surface area contributed by atoms with E-state index in [1.165, 1.54) is 0 Å². The van der Waals surface area contributed by atoms with Gasteiger partial charge in [0.05, 0.1) is 0 Å². The van der Waals surface area contributed by atoms with E-state index >= 15 is 0 Å². The van der Waals surface area contributed by atoms with Crippen molar-refractivity contribution in [3.63, 3.8) is 0 Å². The summed E-state index contributed by atoms with van der Waals surface area (Å²) in [4.78, 5) is 32.2. The lowest BCUT2D eigenvalue weighted by molar-refractivity contribution is -0.129. The molecule has 0 aromatic carbocycles. The molecule has 3 heterocycles. The van der Waals surface area contributed by atoms with Crippen LogP contribution in [0.3, 0.4) is 0 Å². The molecule has 1 atom stereocenters. The fourth-order valence-corrected chi connectivity index (χ4v) is 3.72. The third-order valence-electron chi connectivity index (χ3n) is 5.25. The molecule has 132 valence electrons. The summed E-state index contributed by atoms with van der Waals surface area (Å²) < 4.78 is 2.02. The first-order valence-electron chi connectivity index (χ1n) is 8.83. The summed E-state index contributed by atoms with van der Waals surface area (Å²) in [6.45, 7) is 3.88. The maximum Gasteiger partial charge on any atom is 0.317 e. The van der Waals surface area contributed by atoms with Crippen molar-refractivity contribution >= 4 is 11.9 Å². The van der Waals surface area contributed by atoms with Gasteiger partial charge < -0.3 is 19.7 Å². The Bertz CT molecular complexity index is 592. The summed E-state index contributed by atoms with van der Waals surface area (Å²) in [5.74, 6) is 1.14. The van der Waals surface area contributed by atoms with Gasteiger partial charge in [-0.25, -0.2) is 9.78 Å². The number of rotatable bonds is 3. The van der Waals surface area contributed by atoms with Crippen molar-refractivity contribution in [3.8, 4) is 0 Å². The van der Waals surface area contributed by atoms with E-state index in [9.17, 15) is 9.59 Å². The average Bonchev–Trinajstić information content (AvgIpc) is 3.18. The lowest BCUT2D eigenvalue weighted by atomic mass is 10.1. The highest BCUT2D eigenvalue weighted by Gasteiger charge is 2.31. The molecular formula is C17H27N5O2. The summed E-state index contributed by atoms with van der Waals surface area (Å²) in [6, 6.07) is 0.430. The highest BCUT2D eigenvalue weighted by molar-refractivity contribution is 5.75. The Balaban J connectivity index is 1.52. The fraction of sp³-hybridized carbons (Fsp3) is 0.706. The van der Waals surface area contributed by atoms with Crippen molar-refractivity contribution in [3.05, 3.63) is 18.2 Å². The van der Waals surface area contributed by atoms with E-state index in [0.29, 0.717) is 0 Å². The number of aromatic nitrogens is 2. The van der Waals surface area contributed by atoms with Gasteiger partial charge in [-0.3, -0.25) is 4.79 Å². The van der Waals surface area contributed by atoms with Crippen LogP contribution in [-0.4, -0.2) is 63.0 Å². The van der Waals surface area contributed by atoms with Crippen LogP contribution in [0, 0.1) is 0 Å². The second kappa shape index (κ2) is 7.23. The normalized spacial score (nSPS) is 22.0. The minimum atomic E-state index is 0.0352. The molecule has 2 fully saturated rings. The van der Waals surface area contributed by atoms with Crippen molar-refractivity contribution in [2.45, 2.75) is 51.1 Å². The molecule has 0 unspecified atom stereocenters. The molecule has 0 bridgehead atoms. The first-order chi connectivity index (χ1) is 11.5. The van der Waals surface area contributed by atoms with Crippen molar-refractivity contribution in [2.24, 2.45) is 7.05 Å². The molecule has 1 aromatic rings. The lowest BCUT2D eigenvalue weighted by Crippen LogP contribution is -2.51. The molecular weight excluding hydrogens is 306 g/mol. The van der Waals surface area contributed by atoms with Gasteiger partial charge in [0, 0.05) is 64.5 Å². The first-order valence-corrected chi connectivity index (χ1v) is 8.83. The zero-order valence-corrected chi connectivity index (χ0v) is 14.6. The minimum Gasteiger partial charge on any atom is -0.343 e. The van der Waals surface area contributed by atoms with Crippen LogP contribution >= 0.6 is 0 Å². The van der Waals surface area contributed by atoms with Gasteiger partial charge in [0.15, 0.2) is 0 Å². The number of carbonyl (C=O) groups excluding carboxylic acids is 2. The van der Waals surface area contributed by atoms with Crippen molar-refractivity contribution in [1.82, 2.24) is 24.7 Å². The fourth-order valence-electron chi connectivity index (χ4n) is 3.72. The molecule has 2 saturated heterocycles. The van der Waals surface area contributed by atoms with Crippen LogP contribution in [0.15, 0.2) is 12.4 Å².